The molecule has 0 radical (unpaired) electrons. The van der Waals surface area contributed by atoms with E-state index in [2.05, 4.69) is 52.0 Å². The van der Waals surface area contributed by atoms with Gasteiger partial charge in [0, 0.05) is 27.8 Å². The van der Waals surface area contributed by atoms with E-state index >= 15 is 0 Å². The molecule has 5 heteroatoms. The van der Waals surface area contributed by atoms with Gasteiger partial charge in [0.2, 0.25) is 0 Å². The Labute approximate surface area is 133 Å². The van der Waals surface area contributed by atoms with Gasteiger partial charge >= 0.3 is 0 Å². The van der Waals surface area contributed by atoms with E-state index in [1.165, 1.54) is 12.1 Å². The van der Waals surface area contributed by atoms with Gasteiger partial charge in [0.25, 0.3) is 0 Å². The van der Waals surface area contributed by atoms with Crippen LogP contribution in [-0.4, -0.2) is 15.5 Å². The number of nitrogens with one attached hydrogen (secondary N) is 1. The molecule has 0 saturated carbocycles. The van der Waals surface area contributed by atoms with Crippen LogP contribution < -0.4 is 5.32 Å². The van der Waals surface area contributed by atoms with Gasteiger partial charge in [-0.3, -0.25) is 0 Å². The van der Waals surface area contributed by atoms with Crippen molar-refractivity contribution in [1.29, 1.82) is 0 Å². The molecule has 0 aliphatic heterocycles. The molecule has 0 fully saturated rings. The second-order valence-electron chi connectivity index (χ2n) is 6.09. The third-order valence-electron chi connectivity index (χ3n) is 2.83. The molecule has 1 heterocycles. The van der Waals surface area contributed by atoms with Crippen LogP contribution in [0, 0.1) is 12.7 Å². The van der Waals surface area contributed by atoms with Gasteiger partial charge in [-0.05, 0) is 52.0 Å². The first-order valence-electron chi connectivity index (χ1n) is 6.79. The Morgan fingerprint density at radius 1 is 1.14 bits per heavy atom. The molecule has 1 N–H and O–H groups in total. The first kappa shape index (κ1) is 16.0. The van der Waals surface area contributed by atoms with Crippen molar-refractivity contribution in [1.82, 2.24) is 15.3 Å². The van der Waals surface area contributed by atoms with Gasteiger partial charge in [0.1, 0.15) is 5.82 Å². The smallest absolute Gasteiger partial charge is 0.159 e. The minimum Gasteiger partial charge on any atom is -0.306 e. The third-order valence-corrected chi connectivity index (χ3v) is 3.29. The molecule has 0 aliphatic carbocycles. The van der Waals surface area contributed by atoms with Crippen LogP contribution in [0.1, 0.15) is 32.2 Å². The third kappa shape index (κ3) is 4.86. The Balaban J connectivity index is 2.34. The standard InChI is InChI=1S/C16H19BrFN3/c1-10-5-14(9-19-16(2,3)4)21-15(20-10)11-6-12(17)8-13(18)7-11/h5-8,19H,9H2,1-4H3. The maximum atomic E-state index is 13.5. The van der Waals surface area contributed by atoms with Gasteiger partial charge < -0.3 is 5.32 Å². The molecule has 1 aromatic carbocycles. The fraction of sp³-hybridized carbons (Fsp3) is 0.375. The van der Waals surface area contributed by atoms with E-state index in [9.17, 15) is 4.39 Å². The minimum atomic E-state index is -0.307. The van der Waals surface area contributed by atoms with E-state index in [4.69, 9.17) is 0 Å². The van der Waals surface area contributed by atoms with E-state index < -0.39 is 0 Å². The molecule has 0 saturated heterocycles. The second kappa shape index (κ2) is 6.20. The molecule has 0 bridgehead atoms. The minimum absolute atomic E-state index is 0.0148. The molecule has 112 valence electrons. The summed E-state index contributed by atoms with van der Waals surface area (Å²) in [5, 5.41) is 3.39. The maximum Gasteiger partial charge on any atom is 0.159 e. The fourth-order valence-electron chi connectivity index (χ4n) is 1.89. The summed E-state index contributed by atoms with van der Waals surface area (Å²) >= 11 is 3.30. The van der Waals surface area contributed by atoms with Crippen LogP contribution in [-0.2, 0) is 6.54 Å². The highest BCUT2D eigenvalue weighted by Gasteiger charge is 2.11. The highest BCUT2D eigenvalue weighted by molar-refractivity contribution is 9.10. The predicted molar refractivity (Wildman–Crippen MR) is 86.5 cm³/mol. The van der Waals surface area contributed by atoms with E-state index in [0.29, 0.717) is 22.4 Å². The lowest BCUT2D eigenvalue weighted by molar-refractivity contribution is 0.421. The van der Waals surface area contributed by atoms with Crippen LogP contribution in [0.5, 0.6) is 0 Å². The van der Waals surface area contributed by atoms with Crippen molar-refractivity contribution in [3.63, 3.8) is 0 Å². The zero-order valence-corrected chi connectivity index (χ0v) is 14.3. The summed E-state index contributed by atoms with van der Waals surface area (Å²) in [4.78, 5) is 8.93. The van der Waals surface area contributed by atoms with Gasteiger partial charge in [-0.15, -0.1) is 0 Å². The van der Waals surface area contributed by atoms with E-state index in [1.54, 1.807) is 0 Å². The summed E-state index contributed by atoms with van der Waals surface area (Å²) in [6, 6.07) is 6.62. The zero-order valence-electron chi connectivity index (χ0n) is 12.7. The van der Waals surface area contributed by atoms with Gasteiger partial charge in [-0.1, -0.05) is 15.9 Å². The van der Waals surface area contributed by atoms with E-state index in [-0.39, 0.29) is 11.4 Å². The number of halogens is 2. The van der Waals surface area contributed by atoms with Crippen LogP contribution in [0.4, 0.5) is 4.39 Å². The number of hydrogen-bond acceptors (Lipinski definition) is 3. The van der Waals surface area contributed by atoms with Crippen molar-refractivity contribution in [2.75, 3.05) is 0 Å². The number of nitrogens with zero attached hydrogens (tertiary/aromatic N) is 2. The van der Waals surface area contributed by atoms with E-state index in [0.717, 1.165) is 11.4 Å². The van der Waals surface area contributed by atoms with Crippen LogP contribution in [0.3, 0.4) is 0 Å². The number of benzene rings is 1. The lowest BCUT2D eigenvalue weighted by atomic mass is 10.1. The Kier molecular flexibility index (Phi) is 4.74. The summed E-state index contributed by atoms with van der Waals surface area (Å²) in [7, 11) is 0. The molecule has 0 spiro atoms. The molecular formula is C16H19BrFN3. The molecule has 0 unspecified atom stereocenters. The molecule has 0 aliphatic rings. The number of hydrogen-bond donors (Lipinski definition) is 1. The van der Waals surface area contributed by atoms with Crippen molar-refractivity contribution in [2.45, 2.75) is 39.8 Å². The predicted octanol–water partition coefficient (Wildman–Crippen LogP) is 4.24. The molecule has 2 aromatic rings. The molecular weight excluding hydrogens is 333 g/mol. The largest absolute Gasteiger partial charge is 0.306 e. The number of aromatic nitrogens is 2. The highest BCUT2D eigenvalue weighted by atomic mass is 79.9. The maximum absolute atomic E-state index is 13.5. The normalized spacial score (nSPS) is 11.7. The Morgan fingerprint density at radius 3 is 2.48 bits per heavy atom. The average molecular weight is 352 g/mol. The van der Waals surface area contributed by atoms with Crippen molar-refractivity contribution in [3.8, 4) is 11.4 Å². The molecule has 3 nitrogen and oxygen atoms in total. The van der Waals surface area contributed by atoms with Crippen LogP contribution in [0.25, 0.3) is 11.4 Å². The summed E-state index contributed by atoms with van der Waals surface area (Å²) < 4.78 is 14.2. The SMILES string of the molecule is Cc1cc(CNC(C)(C)C)nc(-c2cc(F)cc(Br)c2)n1. The molecule has 0 atom stereocenters. The quantitative estimate of drug-likeness (QED) is 0.898. The molecule has 2 rings (SSSR count). The zero-order chi connectivity index (χ0) is 15.6. The van der Waals surface area contributed by atoms with Crippen molar-refractivity contribution in [3.05, 3.63) is 45.9 Å². The average Bonchev–Trinajstić information content (AvgIpc) is 2.34. The van der Waals surface area contributed by atoms with Crippen LogP contribution in [0.2, 0.25) is 0 Å². The Bertz CT molecular complexity index is 630. The van der Waals surface area contributed by atoms with Crippen LogP contribution in [0.15, 0.2) is 28.7 Å². The fourth-order valence-corrected chi connectivity index (χ4v) is 2.36. The first-order chi connectivity index (χ1) is 9.73. The van der Waals surface area contributed by atoms with Crippen LogP contribution >= 0.6 is 15.9 Å². The number of rotatable bonds is 3. The van der Waals surface area contributed by atoms with Crippen molar-refractivity contribution < 1.29 is 4.39 Å². The molecule has 1 aromatic heterocycles. The van der Waals surface area contributed by atoms with Crippen molar-refractivity contribution >= 4 is 15.9 Å². The lowest BCUT2D eigenvalue weighted by Crippen LogP contribution is -2.35. The summed E-state index contributed by atoms with van der Waals surface area (Å²) in [6.45, 7) is 8.87. The Hall–Kier alpha value is -1.33. The number of aryl methyl sites for hydroxylation is 1. The van der Waals surface area contributed by atoms with E-state index in [1.807, 2.05) is 19.1 Å². The topological polar surface area (TPSA) is 37.8 Å². The van der Waals surface area contributed by atoms with Gasteiger partial charge in [-0.2, -0.15) is 0 Å². The summed E-state index contributed by atoms with van der Waals surface area (Å²) in [5.74, 6) is 0.236. The van der Waals surface area contributed by atoms with Gasteiger partial charge in [0.05, 0.1) is 5.69 Å². The first-order valence-corrected chi connectivity index (χ1v) is 7.58. The molecule has 0 amide bonds. The summed E-state index contributed by atoms with van der Waals surface area (Å²) in [5.41, 5.74) is 2.45. The monoisotopic (exact) mass is 351 g/mol. The highest BCUT2D eigenvalue weighted by Crippen LogP contribution is 2.22. The van der Waals surface area contributed by atoms with Crippen molar-refractivity contribution in [2.24, 2.45) is 0 Å². The molecule has 21 heavy (non-hydrogen) atoms. The second-order valence-corrected chi connectivity index (χ2v) is 7.00. The van der Waals surface area contributed by atoms with Gasteiger partial charge in [-0.25, -0.2) is 14.4 Å². The lowest BCUT2D eigenvalue weighted by Gasteiger charge is -2.20. The van der Waals surface area contributed by atoms with Gasteiger partial charge in [0.15, 0.2) is 5.82 Å². The summed E-state index contributed by atoms with van der Waals surface area (Å²) in [6.07, 6.45) is 0. The Morgan fingerprint density at radius 2 is 1.86 bits per heavy atom.